The van der Waals surface area contributed by atoms with Crippen LogP contribution < -0.4 is 10.9 Å². The van der Waals surface area contributed by atoms with Crippen molar-refractivity contribution < 1.29 is 9.18 Å². The Kier molecular flexibility index (Phi) is 5.62. The lowest BCUT2D eigenvalue weighted by atomic mass is 9.90. The number of benzene rings is 1. The van der Waals surface area contributed by atoms with Gasteiger partial charge in [-0.25, -0.2) is 14.3 Å². The molecule has 2 aliphatic rings. The fraction of sp³-hybridized carbons (Fsp3) is 0.476. The Labute approximate surface area is 168 Å². The number of nitrogens with zero attached hydrogens (tertiary/aromatic N) is 3. The van der Waals surface area contributed by atoms with E-state index in [9.17, 15) is 14.0 Å². The minimum atomic E-state index is -0.465. The summed E-state index contributed by atoms with van der Waals surface area (Å²) in [6, 6.07) is 4.44. The molecule has 0 bridgehead atoms. The van der Waals surface area contributed by atoms with Crippen LogP contribution in [0.1, 0.15) is 35.2 Å². The maximum Gasteiger partial charge on any atom is 0.322 e. The molecule has 2 heterocycles. The number of H-pyrrole nitrogens is 1. The van der Waals surface area contributed by atoms with Gasteiger partial charge in [-0.3, -0.25) is 4.79 Å². The van der Waals surface area contributed by atoms with Crippen LogP contribution in [0.2, 0.25) is 0 Å². The molecule has 8 heteroatoms. The largest absolute Gasteiger partial charge is 0.322 e. The second-order valence-corrected chi connectivity index (χ2v) is 7.88. The number of urea groups is 1. The molecule has 29 heavy (non-hydrogen) atoms. The number of rotatable bonds is 3. The Morgan fingerprint density at radius 1 is 1.17 bits per heavy atom. The molecule has 1 saturated heterocycles. The number of piperazine rings is 1. The van der Waals surface area contributed by atoms with Crippen molar-refractivity contribution in [1.29, 1.82) is 0 Å². The third-order valence-corrected chi connectivity index (χ3v) is 5.82. The number of likely N-dealkylation sites (N-methyl/N-ethyl adjacent to an activating group) is 1. The Hall–Kier alpha value is -2.74. The topological polar surface area (TPSA) is 81.3 Å². The van der Waals surface area contributed by atoms with Gasteiger partial charge in [-0.1, -0.05) is 6.07 Å². The number of halogens is 1. The number of hydrogen-bond acceptors (Lipinski definition) is 4. The zero-order valence-electron chi connectivity index (χ0n) is 16.6. The zero-order chi connectivity index (χ0) is 20.4. The summed E-state index contributed by atoms with van der Waals surface area (Å²) >= 11 is 0. The monoisotopic (exact) mass is 399 g/mol. The van der Waals surface area contributed by atoms with Crippen molar-refractivity contribution in [3.05, 3.63) is 56.8 Å². The summed E-state index contributed by atoms with van der Waals surface area (Å²) in [4.78, 5) is 28.4. The van der Waals surface area contributed by atoms with Crippen molar-refractivity contribution in [2.24, 2.45) is 0 Å². The van der Waals surface area contributed by atoms with E-state index < -0.39 is 5.82 Å². The number of amides is 2. The molecule has 2 amide bonds. The zero-order valence-corrected chi connectivity index (χ0v) is 16.6. The van der Waals surface area contributed by atoms with Crippen molar-refractivity contribution in [2.75, 3.05) is 38.5 Å². The fourth-order valence-corrected chi connectivity index (χ4v) is 4.05. The molecule has 1 aliphatic heterocycles. The standard InChI is InChI=1S/C21H26FN5O2/c1-26-8-10-27(11-9-26)21(29)23-19-13-14(6-7-17(19)22)12-18-15-4-2-3-5-16(15)20(28)25-24-18/h6-7,13H,2-5,8-12H2,1H3,(H,23,29)(H,25,28). The van der Waals surface area contributed by atoms with Gasteiger partial charge in [0, 0.05) is 38.2 Å². The van der Waals surface area contributed by atoms with Gasteiger partial charge in [-0.05, 0) is 56.0 Å². The van der Waals surface area contributed by atoms with Gasteiger partial charge < -0.3 is 15.1 Å². The van der Waals surface area contributed by atoms with Crippen LogP contribution in [0.15, 0.2) is 23.0 Å². The molecule has 154 valence electrons. The van der Waals surface area contributed by atoms with E-state index in [2.05, 4.69) is 20.4 Å². The quantitative estimate of drug-likeness (QED) is 0.829. The molecule has 1 aromatic carbocycles. The van der Waals surface area contributed by atoms with Gasteiger partial charge in [0.15, 0.2) is 0 Å². The van der Waals surface area contributed by atoms with Crippen molar-refractivity contribution in [3.63, 3.8) is 0 Å². The van der Waals surface area contributed by atoms with Crippen LogP contribution in [0, 0.1) is 5.82 Å². The van der Waals surface area contributed by atoms with E-state index in [-0.39, 0.29) is 17.3 Å². The summed E-state index contributed by atoms with van der Waals surface area (Å²) in [5.41, 5.74) is 3.57. The molecular weight excluding hydrogens is 373 g/mol. The Morgan fingerprint density at radius 2 is 1.90 bits per heavy atom. The predicted molar refractivity (Wildman–Crippen MR) is 109 cm³/mol. The highest BCUT2D eigenvalue weighted by Crippen LogP contribution is 2.24. The number of carbonyl (C=O) groups excluding carboxylic acids is 1. The first-order chi connectivity index (χ1) is 14.0. The molecule has 1 aliphatic carbocycles. The third-order valence-electron chi connectivity index (χ3n) is 5.82. The highest BCUT2D eigenvalue weighted by atomic mass is 19.1. The molecule has 1 fully saturated rings. The number of nitrogens with one attached hydrogen (secondary N) is 2. The molecule has 2 N–H and O–H groups in total. The normalized spacial score (nSPS) is 17.1. The van der Waals surface area contributed by atoms with Crippen molar-refractivity contribution in [1.82, 2.24) is 20.0 Å². The summed E-state index contributed by atoms with van der Waals surface area (Å²) in [5, 5.41) is 9.55. The number of hydrogen-bond donors (Lipinski definition) is 2. The molecule has 0 saturated carbocycles. The summed E-state index contributed by atoms with van der Waals surface area (Å²) < 4.78 is 14.3. The van der Waals surface area contributed by atoms with Crippen molar-refractivity contribution in [2.45, 2.75) is 32.1 Å². The highest BCUT2D eigenvalue weighted by Gasteiger charge is 2.21. The highest BCUT2D eigenvalue weighted by molar-refractivity contribution is 5.89. The summed E-state index contributed by atoms with van der Waals surface area (Å²) in [7, 11) is 2.02. The van der Waals surface area contributed by atoms with Crippen LogP contribution in [-0.2, 0) is 19.3 Å². The van der Waals surface area contributed by atoms with Gasteiger partial charge >= 0.3 is 6.03 Å². The van der Waals surface area contributed by atoms with E-state index >= 15 is 0 Å². The first kappa shape index (κ1) is 19.6. The van der Waals surface area contributed by atoms with Gasteiger partial charge in [0.1, 0.15) is 5.82 Å². The second kappa shape index (κ2) is 8.32. The van der Waals surface area contributed by atoms with E-state index in [1.54, 1.807) is 17.0 Å². The minimum Gasteiger partial charge on any atom is -0.322 e. The molecule has 0 atom stereocenters. The lowest BCUT2D eigenvalue weighted by molar-refractivity contribution is 0.164. The van der Waals surface area contributed by atoms with Gasteiger partial charge in [-0.2, -0.15) is 5.10 Å². The molecule has 0 radical (unpaired) electrons. The molecule has 0 spiro atoms. The Bertz CT molecular complexity index is 966. The van der Waals surface area contributed by atoms with Crippen LogP contribution in [0.25, 0.3) is 0 Å². The van der Waals surface area contributed by atoms with E-state index in [4.69, 9.17) is 0 Å². The summed E-state index contributed by atoms with van der Waals surface area (Å²) in [6.45, 7) is 2.85. The molecule has 0 unspecified atom stereocenters. The molecule has 4 rings (SSSR count). The average Bonchev–Trinajstić information content (AvgIpc) is 2.73. The Morgan fingerprint density at radius 3 is 2.66 bits per heavy atom. The van der Waals surface area contributed by atoms with E-state index in [0.29, 0.717) is 19.5 Å². The Balaban J connectivity index is 1.52. The van der Waals surface area contributed by atoms with Gasteiger partial charge in [0.2, 0.25) is 0 Å². The number of fused-ring (bicyclic) bond motifs is 1. The fourth-order valence-electron chi connectivity index (χ4n) is 4.05. The maximum atomic E-state index is 14.3. The molecule has 2 aromatic rings. The summed E-state index contributed by atoms with van der Waals surface area (Å²) in [5.74, 6) is -0.465. The minimum absolute atomic E-state index is 0.109. The summed E-state index contributed by atoms with van der Waals surface area (Å²) in [6.07, 6.45) is 4.15. The number of anilines is 1. The van der Waals surface area contributed by atoms with Crippen LogP contribution in [0.3, 0.4) is 0 Å². The van der Waals surface area contributed by atoms with Crippen LogP contribution in [0.5, 0.6) is 0 Å². The number of aromatic amines is 1. The third kappa shape index (κ3) is 4.32. The molecule has 1 aromatic heterocycles. The van der Waals surface area contributed by atoms with Crippen LogP contribution in [0.4, 0.5) is 14.9 Å². The van der Waals surface area contributed by atoms with Crippen molar-refractivity contribution >= 4 is 11.7 Å². The second-order valence-electron chi connectivity index (χ2n) is 7.88. The maximum absolute atomic E-state index is 14.3. The first-order valence-corrected chi connectivity index (χ1v) is 10.1. The average molecular weight is 399 g/mol. The lowest BCUT2D eigenvalue weighted by Gasteiger charge is -2.32. The molecular formula is C21H26FN5O2. The number of carbonyl (C=O) groups is 1. The van der Waals surface area contributed by atoms with E-state index in [1.165, 1.54) is 6.07 Å². The van der Waals surface area contributed by atoms with Gasteiger partial charge in [0.05, 0.1) is 11.4 Å². The predicted octanol–water partition coefficient (Wildman–Crippen LogP) is 2.16. The smallest absolute Gasteiger partial charge is 0.322 e. The van der Waals surface area contributed by atoms with Crippen molar-refractivity contribution in [3.8, 4) is 0 Å². The van der Waals surface area contributed by atoms with Gasteiger partial charge in [0.25, 0.3) is 5.56 Å². The van der Waals surface area contributed by atoms with Gasteiger partial charge in [-0.15, -0.1) is 0 Å². The van der Waals surface area contributed by atoms with Crippen LogP contribution >= 0.6 is 0 Å². The first-order valence-electron chi connectivity index (χ1n) is 10.1. The SMILES string of the molecule is CN1CCN(C(=O)Nc2cc(Cc3n[nH]c(=O)c4c3CCCC4)ccc2F)CC1. The van der Waals surface area contributed by atoms with E-state index in [1.807, 2.05) is 7.05 Å². The lowest BCUT2D eigenvalue weighted by Crippen LogP contribution is -2.48. The van der Waals surface area contributed by atoms with E-state index in [0.717, 1.165) is 61.2 Å². The van der Waals surface area contributed by atoms with Crippen LogP contribution in [-0.4, -0.2) is 59.3 Å². The number of aromatic nitrogens is 2. The molecule has 7 nitrogen and oxygen atoms in total.